The second-order valence-electron chi connectivity index (χ2n) is 6.11. The highest BCUT2D eigenvalue weighted by Crippen LogP contribution is 2.35. The lowest BCUT2D eigenvalue weighted by atomic mass is 9.97. The minimum absolute atomic E-state index is 0.0676. The lowest BCUT2D eigenvalue weighted by molar-refractivity contribution is -0.130. The molecule has 3 rings (SSSR count). The predicted octanol–water partition coefficient (Wildman–Crippen LogP) is 3.71. The van der Waals surface area contributed by atoms with Gasteiger partial charge in [-0.2, -0.15) is 5.10 Å². The Balaban J connectivity index is 1.96. The first kappa shape index (κ1) is 17.0. The molecule has 5 nitrogen and oxygen atoms in total. The molecular formula is C20H22N2O3. The van der Waals surface area contributed by atoms with Crippen LogP contribution in [0.15, 0.2) is 47.6 Å². The number of methoxy groups -OCH3 is 2. The summed E-state index contributed by atoms with van der Waals surface area (Å²) in [6.07, 6.45) is 0.665. The van der Waals surface area contributed by atoms with Gasteiger partial charge >= 0.3 is 0 Å². The molecule has 0 aliphatic carbocycles. The maximum atomic E-state index is 12.1. The molecule has 0 saturated heterocycles. The smallest absolute Gasteiger partial charge is 0.240 e. The highest BCUT2D eigenvalue weighted by atomic mass is 16.5. The third-order valence-corrected chi connectivity index (χ3v) is 4.38. The Labute approximate surface area is 147 Å². The molecule has 1 aliphatic rings. The van der Waals surface area contributed by atoms with E-state index in [0.717, 1.165) is 16.8 Å². The van der Waals surface area contributed by atoms with E-state index in [1.54, 1.807) is 26.2 Å². The van der Waals surface area contributed by atoms with E-state index in [9.17, 15) is 4.79 Å². The van der Waals surface area contributed by atoms with Crippen molar-refractivity contribution in [1.29, 1.82) is 0 Å². The largest absolute Gasteiger partial charge is 0.493 e. The SMILES string of the molecule is COc1ccc(C2=NN(C(C)=O)C(c3cccc(C)c3)C2)cc1OC. The third kappa shape index (κ3) is 3.36. The molecule has 0 fully saturated rings. The summed E-state index contributed by atoms with van der Waals surface area (Å²) in [5.74, 6) is 1.25. The summed E-state index contributed by atoms with van der Waals surface area (Å²) in [6, 6.07) is 13.8. The van der Waals surface area contributed by atoms with Gasteiger partial charge in [0.2, 0.25) is 5.91 Å². The number of nitrogens with zero attached hydrogens (tertiary/aromatic N) is 2. The average molecular weight is 338 g/mol. The zero-order chi connectivity index (χ0) is 18.0. The Morgan fingerprint density at radius 1 is 1.12 bits per heavy atom. The van der Waals surface area contributed by atoms with E-state index in [1.807, 2.05) is 43.3 Å². The number of aryl methyl sites for hydroxylation is 1. The van der Waals surface area contributed by atoms with E-state index in [1.165, 1.54) is 5.56 Å². The van der Waals surface area contributed by atoms with Crippen molar-refractivity contribution < 1.29 is 14.3 Å². The van der Waals surface area contributed by atoms with Crippen molar-refractivity contribution in [2.45, 2.75) is 26.3 Å². The quantitative estimate of drug-likeness (QED) is 0.854. The van der Waals surface area contributed by atoms with Crippen molar-refractivity contribution in [2.75, 3.05) is 14.2 Å². The van der Waals surface area contributed by atoms with Crippen LogP contribution >= 0.6 is 0 Å². The molecule has 1 aliphatic heterocycles. The molecule has 130 valence electrons. The van der Waals surface area contributed by atoms with Crippen molar-refractivity contribution in [2.24, 2.45) is 5.10 Å². The molecule has 0 radical (unpaired) electrons. The number of hydrogen-bond acceptors (Lipinski definition) is 4. The standard InChI is InChI=1S/C20H22N2O3/c1-13-6-5-7-16(10-13)18-12-17(21-22(18)14(2)23)15-8-9-19(24-3)20(11-15)25-4/h5-11,18H,12H2,1-4H3. The van der Waals surface area contributed by atoms with Gasteiger partial charge < -0.3 is 9.47 Å². The molecule has 0 N–H and O–H groups in total. The van der Waals surface area contributed by atoms with Crippen LogP contribution in [0.5, 0.6) is 11.5 Å². The van der Waals surface area contributed by atoms with E-state index in [4.69, 9.17) is 9.47 Å². The Bertz CT molecular complexity index is 829. The van der Waals surface area contributed by atoms with Gasteiger partial charge in [-0.25, -0.2) is 5.01 Å². The second kappa shape index (κ2) is 6.97. The highest BCUT2D eigenvalue weighted by molar-refractivity contribution is 6.03. The molecule has 0 bridgehead atoms. The number of rotatable bonds is 4. The fourth-order valence-corrected chi connectivity index (χ4v) is 3.13. The zero-order valence-corrected chi connectivity index (χ0v) is 14.9. The van der Waals surface area contributed by atoms with Gasteiger partial charge in [-0.3, -0.25) is 4.79 Å². The number of hydrogen-bond donors (Lipinski definition) is 0. The first-order chi connectivity index (χ1) is 12.0. The molecule has 25 heavy (non-hydrogen) atoms. The van der Waals surface area contributed by atoms with E-state index >= 15 is 0 Å². The van der Waals surface area contributed by atoms with E-state index < -0.39 is 0 Å². The molecule has 0 saturated carbocycles. The van der Waals surface area contributed by atoms with E-state index in [0.29, 0.717) is 17.9 Å². The predicted molar refractivity (Wildman–Crippen MR) is 97.1 cm³/mol. The van der Waals surface area contributed by atoms with E-state index in [-0.39, 0.29) is 11.9 Å². The van der Waals surface area contributed by atoms with Gasteiger partial charge in [0.1, 0.15) is 0 Å². The molecule has 2 aromatic rings. The molecule has 5 heteroatoms. The first-order valence-corrected chi connectivity index (χ1v) is 8.19. The van der Waals surface area contributed by atoms with Crippen molar-refractivity contribution in [3.63, 3.8) is 0 Å². The van der Waals surface area contributed by atoms with Crippen molar-refractivity contribution in [3.05, 3.63) is 59.2 Å². The monoisotopic (exact) mass is 338 g/mol. The molecule has 1 atom stereocenters. The van der Waals surface area contributed by atoms with Gasteiger partial charge in [0, 0.05) is 18.9 Å². The van der Waals surface area contributed by atoms with Crippen LogP contribution in [0.1, 0.15) is 36.1 Å². The molecule has 0 spiro atoms. The number of ether oxygens (including phenoxy) is 2. The van der Waals surface area contributed by atoms with Crippen molar-refractivity contribution in [3.8, 4) is 11.5 Å². The second-order valence-corrected chi connectivity index (χ2v) is 6.11. The van der Waals surface area contributed by atoms with E-state index in [2.05, 4.69) is 11.2 Å². The van der Waals surface area contributed by atoms with Crippen LogP contribution in [-0.2, 0) is 4.79 Å². The maximum Gasteiger partial charge on any atom is 0.240 e. The fraction of sp³-hybridized carbons (Fsp3) is 0.300. The number of carbonyl (C=O) groups excluding carboxylic acids is 1. The highest BCUT2D eigenvalue weighted by Gasteiger charge is 2.31. The Hall–Kier alpha value is -2.82. The lowest BCUT2D eigenvalue weighted by Crippen LogP contribution is -2.24. The first-order valence-electron chi connectivity index (χ1n) is 8.19. The lowest BCUT2D eigenvalue weighted by Gasteiger charge is -2.20. The number of hydrazone groups is 1. The molecule has 1 unspecified atom stereocenters. The van der Waals surface area contributed by atoms with Gasteiger partial charge in [-0.05, 0) is 30.7 Å². The number of benzene rings is 2. The van der Waals surface area contributed by atoms with Gasteiger partial charge in [-0.1, -0.05) is 29.8 Å². The van der Waals surface area contributed by atoms with Crippen LogP contribution in [0.4, 0.5) is 0 Å². The van der Waals surface area contributed by atoms with Crippen molar-refractivity contribution >= 4 is 11.6 Å². The molecule has 1 heterocycles. The van der Waals surface area contributed by atoms with Crippen LogP contribution in [0.25, 0.3) is 0 Å². The fourth-order valence-electron chi connectivity index (χ4n) is 3.13. The summed E-state index contributed by atoms with van der Waals surface area (Å²) in [6.45, 7) is 3.59. The van der Waals surface area contributed by atoms with Crippen LogP contribution in [0.2, 0.25) is 0 Å². The summed E-state index contributed by atoms with van der Waals surface area (Å²) in [4.78, 5) is 12.1. The third-order valence-electron chi connectivity index (χ3n) is 4.38. The summed E-state index contributed by atoms with van der Waals surface area (Å²) >= 11 is 0. The summed E-state index contributed by atoms with van der Waals surface area (Å²) in [5.41, 5.74) is 4.05. The summed E-state index contributed by atoms with van der Waals surface area (Å²) < 4.78 is 10.7. The normalized spacial score (nSPS) is 16.6. The van der Waals surface area contributed by atoms with Gasteiger partial charge in [-0.15, -0.1) is 0 Å². The minimum atomic E-state index is -0.0829. The summed E-state index contributed by atoms with van der Waals surface area (Å²) in [7, 11) is 3.21. The molecule has 2 aromatic carbocycles. The summed E-state index contributed by atoms with van der Waals surface area (Å²) in [5, 5.41) is 6.15. The maximum absolute atomic E-state index is 12.1. The van der Waals surface area contributed by atoms with Crippen LogP contribution < -0.4 is 9.47 Å². The van der Waals surface area contributed by atoms with Gasteiger partial charge in [0.25, 0.3) is 0 Å². The van der Waals surface area contributed by atoms with Crippen LogP contribution in [-0.4, -0.2) is 30.8 Å². The van der Waals surface area contributed by atoms with Gasteiger partial charge in [0.05, 0.1) is 26.0 Å². The van der Waals surface area contributed by atoms with Crippen LogP contribution in [0.3, 0.4) is 0 Å². The van der Waals surface area contributed by atoms with Crippen LogP contribution in [0, 0.1) is 6.92 Å². The number of amides is 1. The Kier molecular flexibility index (Phi) is 4.74. The molecule has 0 aromatic heterocycles. The molecule has 1 amide bonds. The number of carbonyl (C=O) groups is 1. The Morgan fingerprint density at radius 3 is 2.52 bits per heavy atom. The minimum Gasteiger partial charge on any atom is -0.493 e. The zero-order valence-electron chi connectivity index (χ0n) is 14.9. The average Bonchev–Trinajstić information content (AvgIpc) is 3.07. The van der Waals surface area contributed by atoms with Gasteiger partial charge in [0.15, 0.2) is 11.5 Å². The molecular weight excluding hydrogens is 316 g/mol. The Morgan fingerprint density at radius 2 is 1.88 bits per heavy atom. The van der Waals surface area contributed by atoms with Crippen molar-refractivity contribution in [1.82, 2.24) is 5.01 Å². The topological polar surface area (TPSA) is 51.1 Å².